The molecule has 1 aliphatic rings. The van der Waals surface area contributed by atoms with Crippen LogP contribution in [0.1, 0.15) is 24.8 Å². The number of methoxy groups -OCH3 is 2. The summed E-state index contributed by atoms with van der Waals surface area (Å²) in [5, 5.41) is 0. The van der Waals surface area contributed by atoms with E-state index in [9.17, 15) is 4.79 Å². The minimum atomic E-state index is -0.216. The third-order valence-corrected chi connectivity index (χ3v) is 3.36. The largest absolute Gasteiger partial charge is 0.497 e. The van der Waals surface area contributed by atoms with E-state index in [0.717, 1.165) is 5.75 Å². The number of rotatable bonds is 6. The molecule has 1 fully saturated rings. The minimum absolute atomic E-state index is 0.216. The normalized spacial score (nSPS) is 15.4. The Kier molecular flexibility index (Phi) is 4.99. The molecule has 1 aromatic rings. The highest BCUT2D eigenvalue weighted by Gasteiger charge is 2.26. The zero-order chi connectivity index (χ0) is 14.4. The van der Waals surface area contributed by atoms with Crippen LogP contribution < -0.4 is 4.74 Å². The van der Waals surface area contributed by atoms with Gasteiger partial charge in [0.1, 0.15) is 5.75 Å². The quantitative estimate of drug-likeness (QED) is 0.586. The van der Waals surface area contributed by atoms with E-state index in [4.69, 9.17) is 4.74 Å². The summed E-state index contributed by atoms with van der Waals surface area (Å²) in [6.45, 7) is 0. The van der Waals surface area contributed by atoms with Crippen LogP contribution in [0.5, 0.6) is 5.75 Å². The van der Waals surface area contributed by atoms with Crippen molar-refractivity contribution in [2.45, 2.75) is 19.3 Å². The Morgan fingerprint density at radius 3 is 2.50 bits per heavy atom. The van der Waals surface area contributed by atoms with E-state index in [-0.39, 0.29) is 5.97 Å². The van der Waals surface area contributed by atoms with Crippen LogP contribution in [0.25, 0.3) is 5.57 Å². The van der Waals surface area contributed by atoms with Crippen molar-refractivity contribution >= 4 is 11.5 Å². The van der Waals surface area contributed by atoms with Crippen molar-refractivity contribution in [3.63, 3.8) is 0 Å². The van der Waals surface area contributed by atoms with Gasteiger partial charge in [0, 0.05) is 0 Å². The number of hydrogen-bond donors (Lipinski definition) is 0. The molecule has 1 saturated carbocycles. The van der Waals surface area contributed by atoms with Gasteiger partial charge in [0.2, 0.25) is 0 Å². The maximum Gasteiger partial charge on any atom is 0.309 e. The van der Waals surface area contributed by atoms with E-state index in [0.29, 0.717) is 12.3 Å². The average molecular weight is 272 g/mol. The van der Waals surface area contributed by atoms with Gasteiger partial charge in [0.05, 0.1) is 20.6 Å². The number of ether oxygens (including phenoxy) is 2. The van der Waals surface area contributed by atoms with Crippen LogP contribution in [0, 0.1) is 5.92 Å². The maximum absolute atomic E-state index is 11.0. The highest BCUT2D eigenvalue weighted by atomic mass is 16.5. The highest BCUT2D eigenvalue weighted by molar-refractivity contribution is 5.72. The van der Waals surface area contributed by atoms with E-state index < -0.39 is 0 Å². The van der Waals surface area contributed by atoms with Gasteiger partial charge >= 0.3 is 5.97 Å². The molecule has 0 heterocycles. The Balaban J connectivity index is 2.08. The molecule has 0 unspecified atom stereocenters. The lowest BCUT2D eigenvalue weighted by molar-refractivity contribution is -0.139. The first-order chi connectivity index (χ1) is 9.74. The molecule has 0 aliphatic heterocycles. The summed E-state index contributed by atoms with van der Waals surface area (Å²) in [5.74, 6) is 1.29. The predicted octanol–water partition coefficient (Wildman–Crippen LogP) is 3.61. The molecule has 0 saturated heterocycles. The second-order valence-corrected chi connectivity index (χ2v) is 4.83. The fraction of sp³-hybridized carbons (Fsp3) is 0.353. The van der Waals surface area contributed by atoms with Crippen LogP contribution in [0.4, 0.5) is 0 Å². The molecule has 0 amide bonds. The van der Waals surface area contributed by atoms with E-state index in [1.807, 2.05) is 24.3 Å². The summed E-state index contributed by atoms with van der Waals surface area (Å²) < 4.78 is 9.78. The highest BCUT2D eigenvalue weighted by Crippen LogP contribution is 2.42. The van der Waals surface area contributed by atoms with Crippen LogP contribution in [0.3, 0.4) is 0 Å². The standard InChI is InChI=1S/C17H20O3/c1-19-15-11-9-14(10-12-15)16(13-7-8-13)5-3-4-6-17(18)20-2/h3-5,9-13H,6-8H2,1-2H3/b4-3+,16-5+. The van der Waals surface area contributed by atoms with Gasteiger partial charge in [0.15, 0.2) is 0 Å². The molecule has 0 N–H and O–H groups in total. The number of benzene rings is 1. The Morgan fingerprint density at radius 2 is 1.95 bits per heavy atom. The second-order valence-electron chi connectivity index (χ2n) is 4.83. The lowest BCUT2D eigenvalue weighted by Crippen LogP contribution is -1.96. The molecule has 2 rings (SSSR count). The first-order valence-electron chi connectivity index (χ1n) is 6.82. The van der Waals surface area contributed by atoms with Gasteiger partial charge in [-0.2, -0.15) is 0 Å². The van der Waals surface area contributed by atoms with E-state index in [2.05, 4.69) is 22.9 Å². The fourth-order valence-corrected chi connectivity index (χ4v) is 2.07. The van der Waals surface area contributed by atoms with E-state index in [1.165, 1.54) is 31.1 Å². The summed E-state index contributed by atoms with van der Waals surface area (Å²) in [5.41, 5.74) is 2.55. The molecular formula is C17H20O3. The van der Waals surface area contributed by atoms with Gasteiger partial charge in [-0.15, -0.1) is 0 Å². The molecule has 1 aliphatic carbocycles. The second kappa shape index (κ2) is 6.94. The molecule has 106 valence electrons. The van der Waals surface area contributed by atoms with Crippen molar-refractivity contribution in [3.8, 4) is 5.75 Å². The first-order valence-corrected chi connectivity index (χ1v) is 6.82. The summed E-state index contributed by atoms with van der Waals surface area (Å²) >= 11 is 0. The van der Waals surface area contributed by atoms with Gasteiger partial charge in [-0.05, 0) is 42.0 Å². The van der Waals surface area contributed by atoms with Crippen molar-refractivity contribution in [1.29, 1.82) is 0 Å². The Labute approximate surface area is 119 Å². The summed E-state index contributed by atoms with van der Waals surface area (Å²) in [7, 11) is 3.07. The molecule has 3 heteroatoms. The van der Waals surface area contributed by atoms with Crippen LogP contribution in [0.2, 0.25) is 0 Å². The zero-order valence-corrected chi connectivity index (χ0v) is 12.0. The van der Waals surface area contributed by atoms with Crippen LogP contribution >= 0.6 is 0 Å². The lowest BCUT2D eigenvalue weighted by Gasteiger charge is -2.06. The lowest BCUT2D eigenvalue weighted by atomic mass is 10.0. The molecule has 0 atom stereocenters. The topological polar surface area (TPSA) is 35.5 Å². The smallest absolute Gasteiger partial charge is 0.309 e. The number of allylic oxidation sites excluding steroid dienone is 3. The monoisotopic (exact) mass is 272 g/mol. The number of hydrogen-bond acceptors (Lipinski definition) is 3. The Morgan fingerprint density at radius 1 is 1.25 bits per heavy atom. The van der Waals surface area contributed by atoms with Crippen molar-refractivity contribution in [2.75, 3.05) is 14.2 Å². The van der Waals surface area contributed by atoms with Gasteiger partial charge in [0.25, 0.3) is 0 Å². The molecule has 1 aromatic carbocycles. The molecule has 0 spiro atoms. The van der Waals surface area contributed by atoms with Gasteiger partial charge < -0.3 is 9.47 Å². The average Bonchev–Trinajstić information content (AvgIpc) is 3.32. The predicted molar refractivity (Wildman–Crippen MR) is 79.5 cm³/mol. The molecule has 0 bridgehead atoms. The van der Waals surface area contributed by atoms with E-state index in [1.54, 1.807) is 7.11 Å². The van der Waals surface area contributed by atoms with Crippen molar-refractivity contribution in [2.24, 2.45) is 5.92 Å². The molecular weight excluding hydrogens is 252 g/mol. The first kappa shape index (κ1) is 14.4. The summed E-state index contributed by atoms with van der Waals surface area (Å²) in [6, 6.07) is 8.11. The van der Waals surface area contributed by atoms with E-state index >= 15 is 0 Å². The third kappa shape index (κ3) is 3.98. The van der Waals surface area contributed by atoms with Crippen molar-refractivity contribution in [3.05, 3.63) is 48.1 Å². The summed E-state index contributed by atoms with van der Waals surface area (Å²) in [4.78, 5) is 11.0. The minimum Gasteiger partial charge on any atom is -0.497 e. The fourth-order valence-electron chi connectivity index (χ4n) is 2.07. The van der Waals surface area contributed by atoms with Crippen LogP contribution in [0.15, 0.2) is 42.5 Å². The Hall–Kier alpha value is -2.03. The summed E-state index contributed by atoms with van der Waals surface area (Å²) in [6.07, 6.45) is 8.66. The van der Waals surface area contributed by atoms with Gasteiger partial charge in [-0.3, -0.25) is 4.79 Å². The Bertz CT molecular complexity index is 508. The van der Waals surface area contributed by atoms with Crippen LogP contribution in [-0.4, -0.2) is 20.2 Å². The molecule has 20 heavy (non-hydrogen) atoms. The zero-order valence-electron chi connectivity index (χ0n) is 12.0. The van der Waals surface area contributed by atoms with Gasteiger partial charge in [-0.1, -0.05) is 30.4 Å². The molecule has 0 aromatic heterocycles. The van der Waals surface area contributed by atoms with Crippen molar-refractivity contribution < 1.29 is 14.3 Å². The number of esters is 1. The number of carbonyl (C=O) groups is 1. The van der Waals surface area contributed by atoms with Gasteiger partial charge in [-0.25, -0.2) is 0 Å². The SMILES string of the molecule is COC(=O)C/C=C/C=C(/c1ccc(OC)cc1)C1CC1. The van der Waals surface area contributed by atoms with Crippen LogP contribution in [-0.2, 0) is 9.53 Å². The molecule has 0 radical (unpaired) electrons. The third-order valence-electron chi connectivity index (χ3n) is 3.36. The number of carbonyl (C=O) groups excluding carboxylic acids is 1. The van der Waals surface area contributed by atoms with Crippen molar-refractivity contribution in [1.82, 2.24) is 0 Å². The maximum atomic E-state index is 11.0. The molecule has 3 nitrogen and oxygen atoms in total.